The lowest BCUT2D eigenvalue weighted by molar-refractivity contribution is -0.116. The van der Waals surface area contributed by atoms with E-state index in [0.29, 0.717) is 17.4 Å². The number of anilines is 1. The number of benzene rings is 1. The van der Waals surface area contributed by atoms with E-state index < -0.39 is 0 Å². The number of nitrogens with one attached hydrogen (secondary N) is 2. The summed E-state index contributed by atoms with van der Waals surface area (Å²) in [4.78, 5) is 23.8. The molecule has 3 rings (SSSR count). The van der Waals surface area contributed by atoms with E-state index in [1.807, 2.05) is 18.2 Å². The second kappa shape index (κ2) is 8.35. The minimum Gasteiger partial charge on any atom is -0.459 e. The maximum absolute atomic E-state index is 12.1. The van der Waals surface area contributed by atoms with Crippen LogP contribution >= 0.6 is 11.6 Å². The average Bonchev–Trinajstić information content (AvgIpc) is 3.27. The third kappa shape index (κ3) is 4.73. The number of carbonyl (C=O) groups is 2. The van der Waals surface area contributed by atoms with Crippen LogP contribution in [-0.2, 0) is 11.3 Å². The second-order valence-corrected chi connectivity index (χ2v) is 5.97. The highest BCUT2D eigenvalue weighted by Crippen LogP contribution is 2.14. The van der Waals surface area contributed by atoms with Gasteiger partial charge in [0.2, 0.25) is 5.91 Å². The molecule has 3 aromatic rings. The van der Waals surface area contributed by atoms with Crippen molar-refractivity contribution in [3.8, 4) is 0 Å². The lowest BCUT2D eigenvalue weighted by atomic mass is 10.2. The maximum atomic E-state index is 12.1. The van der Waals surface area contributed by atoms with Crippen molar-refractivity contribution in [1.29, 1.82) is 0 Å². The first-order chi connectivity index (χ1) is 12.6. The summed E-state index contributed by atoms with van der Waals surface area (Å²) in [5.41, 5.74) is 0.974. The molecular weight excluding hydrogens is 356 g/mol. The largest absolute Gasteiger partial charge is 0.459 e. The summed E-state index contributed by atoms with van der Waals surface area (Å²) in [6.45, 7) is 0.687. The zero-order valence-corrected chi connectivity index (χ0v) is 14.6. The Bertz CT molecular complexity index is 889. The van der Waals surface area contributed by atoms with Crippen LogP contribution in [0.4, 0.5) is 5.82 Å². The number of halogens is 1. The molecule has 2 aromatic heterocycles. The quantitative estimate of drug-likeness (QED) is 0.667. The van der Waals surface area contributed by atoms with E-state index in [-0.39, 0.29) is 30.5 Å². The van der Waals surface area contributed by atoms with Gasteiger partial charge in [-0.3, -0.25) is 9.59 Å². The minimum atomic E-state index is -0.353. The van der Waals surface area contributed by atoms with Gasteiger partial charge in [-0.1, -0.05) is 23.7 Å². The normalized spacial score (nSPS) is 10.5. The Kier molecular flexibility index (Phi) is 5.70. The van der Waals surface area contributed by atoms with E-state index in [2.05, 4.69) is 15.7 Å². The van der Waals surface area contributed by atoms with Gasteiger partial charge in [-0.2, -0.15) is 5.10 Å². The first kappa shape index (κ1) is 17.8. The molecule has 0 aliphatic carbocycles. The highest BCUT2D eigenvalue weighted by atomic mass is 35.5. The molecule has 134 valence electrons. The molecule has 8 heteroatoms. The molecule has 0 atom stereocenters. The van der Waals surface area contributed by atoms with Crippen LogP contribution in [0, 0.1) is 0 Å². The van der Waals surface area contributed by atoms with Crippen molar-refractivity contribution < 1.29 is 14.0 Å². The van der Waals surface area contributed by atoms with Gasteiger partial charge in [0.05, 0.1) is 19.0 Å². The van der Waals surface area contributed by atoms with Crippen molar-refractivity contribution in [2.45, 2.75) is 13.0 Å². The summed E-state index contributed by atoms with van der Waals surface area (Å²) in [6.07, 6.45) is 3.16. The maximum Gasteiger partial charge on any atom is 0.286 e. The molecule has 0 fully saturated rings. The highest BCUT2D eigenvalue weighted by Gasteiger charge is 2.11. The molecule has 0 saturated carbocycles. The molecule has 1 aromatic carbocycles. The Morgan fingerprint density at radius 1 is 1.19 bits per heavy atom. The SMILES string of the molecule is O=C(CCNC(=O)c1ccco1)Nc1ccnn1Cc1cccc(Cl)c1. The van der Waals surface area contributed by atoms with Crippen molar-refractivity contribution in [2.24, 2.45) is 0 Å². The molecule has 2 N–H and O–H groups in total. The molecule has 26 heavy (non-hydrogen) atoms. The van der Waals surface area contributed by atoms with E-state index >= 15 is 0 Å². The van der Waals surface area contributed by atoms with Crippen LogP contribution in [0.2, 0.25) is 5.02 Å². The average molecular weight is 373 g/mol. The summed E-state index contributed by atoms with van der Waals surface area (Å²) in [7, 11) is 0. The first-order valence-corrected chi connectivity index (χ1v) is 8.37. The topological polar surface area (TPSA) is 89.2 Å². The van der Waals surface area contributed by atoms with Crippen molar-refractivity contribution in [2.75, 3.05) is 11.9 Å². The fourth-order valence-electron chi connectivity index (χ4n) is 2.36. The number of rotatable bonds is 7. The first-order valence-electron chi connectivity index (χ1n) is 7.99. The molecule has 0 radical (unpaired) electrons. The smallest absolute Gasteiger partial charge is 0.286 e. The fraction of sp³-hybridized carbons (Fsp3) is 0.167. The predicted molar refractivity (Wildman–Crippen MR) is 97.1 cm³/mol. The zero-order chi connectivity index (χ0) is 18.4. The molecule has 0 spiro atoms. The van der Waals surface area contributed by atoms with Gasteiger partial charge in [-0.05, 0) is 29.8 Å². The van der Waals surface area contributed by atoms with Crippen molar-refractivity contribution >= 4 is 29.2 Å². The van der Waals surface area contributed by atoms with Gasteiger partial charge in [0.15, 0.2) is 5.76 Å². The zero-order valence-electron chi connectivity index (χ0n) is 13.8. The number of amides is 2. The lowest BCUT2D eigenvalue weighted by Crippen LogP contribution is -2.27. The third-order valence-electron chi connectivity index (χ3n) is 3.59. The van der Waals surface area contributed by atoms with Crippen LogP contribution in [-0.4, -0.2) is 28.1 Å². The molecule has 0 unspecified atom stereocenters. The van der Waals surface area contributed by atoms with Crippen LogP contribution in [0.25, 0.3) is 0 Å². The van der Waals surface area contributed by atoms with Crippen LogP contribution < -0.4 is 10.6 Å². The number of hydrogen-bond acceptors (Lipinski definition) is 4. The van der Waals surface area contributed by atoms with Crippen molar-refractivity contribution in [1.82, 2.24) is 15.1 Å². The predicted octanol–water partition coefficient (Wildman–Crippen LogP) is 2.94. The Balaban J connectivity index is 1.50. The molecule has 2 heterocycles. The highest BCUT2D eigenvalue weighted by molar-refractivity contribution is 6.30. The second-order valence-electron chi connectivity index (χ2n) is 5.54. The Morgan fingerprint density at radius 3 is 2.85 bits per heavy atom. The molecule has 0 aliphatic rings. The Labute approximate surface area is 154 Å². The van der Waals surface area contributed by atoms with Gasteiger partial charge >= 0.3 is 0 Å². The monoisotopic (exact) mass is 372 g/mol. The molecule has 2 amide bonds. The summed E-state index contributed by atoms with van der Waals surface area (Å²) in [6, 6.07) is 12.3. The Hall–Kier alpha value is -3.06. The molecular formula is C18H17ClN4O3. The number of furan rings is 1. The van der Waals surface area contributed by atoms with Gasteiger partial charge in [0.1, 0.15) is 5.82 Å². The number of hydrogen-bond donors (Lipinski definition) is 2. The van der Waals surface area contributed by atoms with Crippen LogP contribution in [0.5, 0.6) is 0 Å². The fourth-order valence-corrected chi connectivity index (χ4v) is 2.58. The van der Waals surface area contributed by atoms with E-state index in [1.165, 1.54) is 6.26 Å². The molecule has 0 saturated heterocycles. The number of aromatic nitrogens is 2. The van der Waals surface area contributed by atoms with E-state index in [4.69, 9.17) is 16.0 Å². The van der Waals surface area contributed by atoms with E-state index in [0.717, 1.165) is 5.56 Å². The van der Waals surface area contributed by atoms with Crippen molar-refractivity contribution in [3.05, 3.63) is 71.3 Å². The lowest BCUT2D eigenvalue weighted by Gasteiger charge is -2.09. The van der Waals surface area contributed by atoms with Crippen LogP contribution in [0.1, 0.15) is 22.5 Å². The van der Waals surface area contributed by atoms with Crippen LogP contribution in [0.15, 0.2) is 59.3 Å². The number of nitrogens with zero attached hydrogens (tertiary/aromatic N) is 2. The van der Waals surface area contributed by atoms with Gasteiger partial charge in [0.25, 0.3) is 5.91 Å². The summed E-state index contributed by atoms with van der Waals surface area (Å²) < 4.78 is 6.66. The molecule has 0 bridgehead atoms. The standard InChI is InChI=1S/C18H17ClN4O3/c19-14-4-1-3-13(11-14)12-23-16(6-9-21-23)22-17(24)7-8-20-18(25)15-5-2-10-26-15/h1-6,9-11H,7-8,12H2,(H,20,25)(H,22,24). The minimum absolute atomic E-state index is 0.134. The summed E-state index contributed by atoms with van der Waals surface area (Å²) >= 11 is 5.99. The van der Waals surface area contributed by atoms with Gasteiger partial charge in [0, 0.05) is 24.1 Å². The van der Waals surface area contributed by atoms with Crippen LogP contribution in [0.3, 0.4) is 0 Å². The van der Waals surface area contributed by atoms with Gasteiger partial charge in [-0.15, -0.1) is 0 Å². The molecule has 7 nitrogen and oxygen atoms in total. The summed E-state index contributed by atoms with van der Waals surface area (Å²) in [5.74, 6) is 0.212. The third-order valence-corrected chi connectivity index (χ3v) is 3.82. The number of carbonyl (C=O) groups excluding carboxylic acids is 2. The van der Waals surface area contributed by atoms with Crippen molar-refractivity contribution in [3.63, 3.8) is 0 Å². The van der Waals surface area contributed by atoms with Gasteiger partial charge in [-0.25, -0.2) is 4.68 Å². The molecule has 0 aliphatic heterocycles. The van der Waals surface area contributed by atoms with Gasteiger partial charge < -0.3 is 15.1 Å². The Morgan fingerprint density at radius 2 is 2.08 bits per heavy atom. The van der Waals surface area contributed by atoms with E-state index in [9.17, 15) is 9.59 Å². The van der Waals surface area contributed by atoms with E-state index in [1.54, 1.807) is 35.1 Å². The summed E-state index contributed by atoms with van der Waals surface area (Å²) in [5, 5.41) is 10.3.